The summed E-state index contributed by atoms with van der Waals surface area (Å²) in [5.41, 5.74) is 6.14. The van der Waals surface area contributed by atoms with Gasteiger partial charge in [0, 0.05) is 47.8 Å². The summed E-state index contributed by atoms with van der Waals surface area (Å²) in [6.45, 7) is 8.18. The summed E-state index contributed by atoms with van der Waals surface area (Å²) in [5.74, 6) is -0.160. The first-order chi connectivity index (χ1) is 25.1. The van der Waals surface area contributed by atoms with Gasteiger partial charge < -0.3 is 4.42 Å². The molecule has 0 fully saturated rings. The molecule has 0 spiro atoms. The molecule has 53 heavy (non-hydrogen) atoms. The maximum absolute atomic E-state index is 15.0. The Balaban J connectivity index is 1.44. The molecule has 10 rings (SSSR count). The first-order valence-corrected chi connectivity index (χ1v) is 18.4. The summed E-state index contributed by atoms with van der Waals surface area (Å²) in [4.78, 5) is 0. The first-order valence-electron chi connectivity index (χ1n) is 17.6. The fraction of sp³-hybridized carbons (Fsp3) is 0.200. The fourth-order valence-corrected chi connectivity index (χ4v) is 10.3. The summed E-state index contributed by atoms with van der Waals surface area (Å²) < 4.78 is 97.0. The topological polar surface area (TPSA) is 13.1 Å². The molecule has 8 aromatic rings. The fourth-order valence-electron chi connectivity index (χ4n) is 8.92. The molecule has 6 aromatic carbocycles. The standard InChI is InChI=1S/C45H30F6OS/c1-21(2)23-9-11-27-28-12-10-24-14-37(28)43(4,36(27)13-23)38-18-26(45(49,50)51)17-35-34-16-25(44(46,47)48)15-33(41(34)53-42(35)38)31-19-32-29-7-5-6-8-39(29)52-40(32)20-30(31)22(24)3/h5-22H,1-4H3. The van der Waals surface area contributed by atoms with E-state index in [1.165, 1.54) is 23.5 Å². The second kappa shape index (κ2) is 10.5. The molecule has 0 saturated heterocycles. The van der Waals surface area contributed by atoms with Crippen molar-refractivity contribution >= 4 is 53.4 Å². The predicted molar refractivity (Wildman–Crippen MR) is 201 cm³/mol. The minimum Gasteiger partial charge on any atom is -0.456 e. The van der Waals surface area contributed by atoms with Gasteiger partial charge in [-0.1, -0.05) is 75.4 Å². The number of hydrogen-bond donors (Lipinski definition) is 0. The maximum atomic E-state index is 15.0. The van der Waals surface area contributed by atoms with Crippen LogP contribution >= 0.6 is 11.3 Å². The zero-order valence-electron chi connectivity index (χ0n) is 29.0. The van der Waals surface area contributed by atoms with Crippen LogP contribution in [0.5, 0.6) is 0 Å². The Bertz CT molecular complexity index is 2890. The first kappa shape index (κ1) is 32.6. The van der Waals surface area contributed by atoms with Gasteiger partial charge in [0.1, 0.15) is 11.2 Å². The minimum absolute atomic E-state index is 0.154. The Morgan fingerprint density at radius 3 is 1.98 bits per heavy atom. The summed E-state index contributed by atoms with van der Waals surface area (Å²) >= 11 is 1.28. The summed E-state index contributed by atoms with van der Waals surface area (Å²) in [6, 6.07) is 28.3. The molecule has 0 radical (unpaired) electrons. The highest BCUT2D eigenvalue weighted by atomic mass is 32.1. The summed E-state index contributed by atoms with van der Waals surface area (Å²) in [6.07, 6.45) is -9.49. The Morgan fingerprint density at radius 1 is 0.604 bits per heavy atom. The van der Waals surface area contributed by atoms with E-state index in [0.717, 1.165) is 61.8 Å². The largest absolute Gasteiger partial charge is 0.456 e. The van der Waals surface area contributed by atoms with E-state index in [1.54, 1.807) is 0 Å². The van der Waals surface area contributed by atoms with Gasteiger partial charge in [0.05, 0.1) is 11.1 Å². The molecule has 0 N–H and O–H groups in total. The van der Waals surface area contributed by atoms with Crippen molar-refractivity contribution in [1.29, 1.82) is 0 Å². The Hall–Kier alpha value is -5.08. The number of fused-ring (bicyclic) bond motifs is 11. The van der Waals surface area contributed by atoms with Crippen molar-refractivity contribution in [2.75, 3.05) is 0 Å². The predicted octanol–water partition coefficient (Wildman–Crippen LogP) is 14.6. The summed E-state index contributed by atoms with van der Waals surface area (Å²) in [5, 5.41) is 1.90. The van der Waals surface area contributed by atoms with Crippen LogP contribution in [0.1, 0.15) is 84.0 Å². The molecule has 2 unspecified atom stereocenters. The average molecular weight is 733 g/mol. The highest BCUT2D eigenvalue weighted by molar-refractivity contribution is 7.26. The van der Waals surface area contributed by atoms with Gasteiger partial charge >= 0.3 is 12.4 Å². The van der Waals surface area contributed by atoms with E-state index in [9.17, 15) is 26.3 Å². The van der Waals surface area contributed by atoms with Gasteiger partial charge in [0.15, 0.2) is 0 Å². The lowest BCUT2D eigenvalue weighted by Gasteiger charge is -2.31. The molecule has 2 atom stereocenters. The molecule has 0 saturated carbocycles. The normalized spacial score (nSPS) is 18.1. The van der Waals surface area contributed by atoms with Crippen LogP contribution in [-0.2, 0) is 17.8 Å². The second-order valence-electron chi connectivity index (χ2n) is 15.0. The average Bonchev–Trinajstić information content (AvgIpc) is 3.76. The number of benzene rings is 6. The molecule has 2 aliphatic rings. The molecular weight excluding hydrogens is 703 g/mol. The van der Waals surface area contributed by atoms with Crippen LogP contribution in [0.2, 0.25) is 0 Å². The molecule has 4 bridgehead atoms. The lowest BCUT2D eigenvalue weighted by molar-refractivity contribution is -0.138. The molecule has 0 amide bonds. The molecule has 2 aromatic heterocycles. The van der Waals surface area contributed by atoms with Gasteiger partial charge in [-0.3, -0.25) is 0 Å². The quantitative estimate of drug-likeness (QED) is 0.153. The molecular formula is C45H30F6OS. The van der Waals surface area contributed by atoms with Crippen molar-refractivity contribution in [3.8, 4) is 22.3 Å². The lowest BCUT2D eigenvalue weighted by Crippen LogP contribution is -2.24. The van der Waals surface area contributed by atoms with Crippen LogP contribution < -0.4 is 0 Å². The number of furan rings is 1. The SMILES string of the molecule is CC(C)c1ccc2c(c1)C1(C)c3cc(ccc3-2)C(C)c2cc3oc4ccccc4c3cc2-c2cc(C(F)(F)F)cc3c2sc2c1cc(C(F)(F)F)cc23. The monoisotopic (exact) mass is 732 g/mol. The molecule has 1 aliphatic carbocycles. The Labute approximate surface area is 304 Å². The van der Waals surface area contributed by atoms with E-state index in [4.69, 9.17) is 4.42 Å². The number of para-hydroxylation sites is 1. The molecule has 8 heteroatoms. The van der Waals surface area contributed by atoms with E-state index < -0.39 is 28.9 Å². The van der Waals surface area contributed by atoms with Crippen LogP contribution in [0.4, 0.5) is 26.3 Å². The van der Waals surface area contributed by atoms with Gasteiger partial charge in [-0.05, 0) is 105 Å². The third-order valence-corrected chi connectivity index (χ3v) is 13.1. The number of alkyl halides is 6. The van der Waals surface area contributed by atoms with Crippen molar-refractivity contribution in [3.63, 3.8) is 0 Å². The van der Waals surface area contributed by atoms with Crippen LogP contribution in [0.25, 0.3) is 64.4 Å². The smallest absolute Gasteiger partial charge is 0.416 e. The maximum Gasteiger partial charge on any atom is 0.416 e. The van der Waals surface area contributed by atoms with E-state index in [2.05, 4.69) is 44.2 Å². The van der Waals surface area contributed by atoms with Gasteiger partial charge in [0.25, 0.3) is 0 Å². The zero-order chi connectivity index (χ0) is 36.9. The number of rotatable bonds is 1. The highest BCUT2D eigenvalue weighted by Crippen LogP contribution is 2.58. The van der Waals surface area contributed by atoms with Crippen LogP contribution in [0.15, 0.2) is 101 Å². The van der Waals surface area contributed by atoms with E-state index >= 15 is 0 Å². The van der Waals surface area contributed by atoms with Gasteiger partial charge in [-0.25, -0.2) is 0 Å². The van der Waals surface area contributed by atoms with Crippen molar-refractivity contribution < 1.29 is 30.8 Å². The lowest BCUT2D eigenvalue weighted by atomic mass is 9.72. The van der Waals surface area contributed by atoms with Crippen molar-refractivity contribution in [1.82, 2.24) is 0 Å². The van der Waals surface area contributed by atoms with Crippen LogP contribution in [0, 0.1) is 0 Å². The number of hydrogen-bond acceptors (Lipinski definition) is 2. The molecule has 1 nitrogen and oxygen atoms in total. The Morgan fingerprint density at radius 2 is 1.26 bits per heavy atom. The second-order valence-corrected chi connectivity index (χ2v) is 16.1. The zero-order valence-corrected chi connectivity index (χ0v) is 29.8. The molecule has 1 aliphatic heterocycles. The van der Waals surface area contributed by atoms with Gasteiger partial charge in [0.2, 0.25) is 0 Å². The number of thiophene rings is 1. The van der Waals surface area contributed by atoms with Crippen molar-refractivity contribution in [2.24, 2.45) is 0 Å². The van der Waals surface area contributed by atoms with E-state index in [0.29, 0.717) is 37.3 Å². The highest BCUT2D eigenvalue weighted by Gasteiger charge is 2.45. The molecule has 264 valence electrons. The van der Waals surface area contributed by atoms with E-state index in [1.807, 2.05) is 56.3 Å². The van der Waals surface area contributed by atoms with Crippen LogP contribution in [-0.4, -0.2) is 0 Å². The minimum atomic E-state index is -4.75. The third kappa shape index (κ3) is 4.45. The van der Waals surface area contributed by atoms with E-state index in [-0.39, 0.29) is 22.6 Å². The number of halogens is 6. The summed E-state index contributed by atoms with van der Waals surface area (Å²) in [7, 11) is 0. The van der Waals surface area contributed by atoms with Crippen molar-refractivity contribution in [3.05, 3.63) is 142 Å². The van der Waals surface area contributed by atoms with Crippen molar-refractivity contribution in [2.45, 2.75) is 57.3 Å². The van der Waals surface area contributed by atoms with Crippen LogP contribution in [0.3, 0.4) is 0 Å². The third-order valence-electron chi connectivity index (χ3n) is 11.8. The van der Waals surface area contributed by atoms with Gasteiger partial charge in [-0.15, -0.1) is 11.3 Å². The van der Waals surface area contributed by atoms with Gasteiger partial charge in [-0.2, -0.15) is 26.3 Å². The Kier molecular flexibility index (Phi) is 6.47. The molecule has 3 heterocycles.